The van der Waals surface area contributed by atoms with Gasteiger partial charge in [0.05, 0.1) is 0 Å². The molecule has 1 fully saturated rings. The minimum atomic E-state index is -1.02. The highest BCUT2D eigenvalue weighted by Gasteiger charge is 2.30. The van der Waals surface area contributed by atoms with E-state index in [0.29, 0.717) is 18.0 Å². The second kappa shape index (κ2) is 4.27. The summed E-state index contributed by atoms with van der Waals surface area (Å²) in [5.74, 6) is 0.128. The minimum absolute atomic E-state index is 0.00854. The van der Waals surface area contributed by atoms with E-state index < -0.39 is 5.97 Å². The van der Waals surface area contributed by atoms with Gasteiger partial charge in [-0.05, 0) is 31.9 Å². The maximum absolute atomic E-state index is 10.7. The summed E-state index contributed by atoms with van der Waals surface area (Å²) in [6.45, 7) is 4.20. The van der Waals surface area contributed by atoms with Crippen LogP contribution in [0.3, 0.4) is 0 Å². The molecule has 2 atom stereocenters. The first-order valence-electron chi connectivity index (χ1n) is 5.41. The van der Waals surface area contributed by atoms with Gasteiger partial charge in [0.2, 0.25) is 5.76 Å². The van der Waals surface area contributed by atoms with Crippen LogP contribution in [-0.4, -0.2) is 23.2 Å². The summed E-state index contributed by atoms with van der Waals surface area (Å²) in [7, 11) is 0. The summed E-state index contributed by atoms with van der Waals surface area (Å²) in [4.78, 5) is 10.7. The molecule has 3 N–H and O–H groups in total. The van der Waals surface area contributed by atoms with Crippen LogP contribution in [0.2, 0.25) is 0 Å². The number of hydrogen-bond donors (Lipinski definition) is 3. The van der Waals surface area contributed by atoms with E-state index in [1.807, 2.05) is 0 Å². The summed E-state index contributed by atoms with van der Waals surface area (Å²) in [6, 6.07) is 3.95. The molecule has 0 aliphatic carbocycles. The summed E-state index contributed by atoms with van der Waals surface area (Å²) >= 11 is 0. The van der Waals surface area contributed by atoms with Crippen molar-refractivity contribution in [3.63, 3.8) is 0 Å². The number of aromatic carboxylic acids is 1. The largest absolute Gasteiger partial charge is 0.475 e. The quantitative estimate of drug-likeness (QED) is 0.714. The Morgan fingerprint density at radius 2 is 2.00 bits per heavy atom. The lowest BCUT2D eigenvalue weighted by molar-refractivity contribution is 0.0660. The van der Waals surface area contributed by atoms with Gasteiger partial charge in [0.25, 0.3) is 0 Å². The Morgan fingerprint density at radius 1 is 1.38 bits per heavy atom. The number of rotatable bonds is 3. The lowest BCUT2D eigenvalue weighted by Crippen LogP contribution is -2.30. The number of carboxylic acid groups (broad SMARTS) is 1. The fourth-order valence-electron chi connectivity index (χ4n) is 2.10. The average Bonchev–Trinajstić information content (AvgIpc) is 2.80. The Kier molecular flexibility index (Phi) is 2.98. The van der Waals surface area contributed by atoms with E-state index in [9.17, 15) is 4.79 Å². The molecule has 2 heterocycles. The van der Waals surface area contributed by atoms with Crippen molar-refractivity contribution in [2.24, 2.45) is 5.92 Å². The molecule has 0 amide bonds. The summed E-state index contributed by atoms with van der Waals surface area (Å²) in [5.41, 5.74) is 6.32. The molecule has 1 aliphatic heterocycles. The van der Waals surface area contributed by atoms with Crippen LogP contribution in [0.4, 0.5) is 0 Å². The van der Waals surface area contributed by atoms with Gasteiger partial charge in [-0.1, -0.05) is 0 Å². The van der Waals surface area contributed by atoms with Gasteiger partial charge in [0.1, 0.15) is 5.76 Å². The van der Waals surface area contributed by atoms with Crippen LogP contribution in [0.5, 0.6) is 0 Å². The predicted octanol–water partition coefficient (Wildman–Crippen LogP) is 1.02. The maximum atomic E-state index is 10.7. The fourth-order valence-corrected chi connectivity index (χ4v) is 2.10. The zero-order valence-corrected chi connectivity index (χ0v) is 9.36. The van der Waals surface area contributed by atoms with Gasteiger partial charge in [-0.15, -0.1) is 0 Å². The molecule has 5 heteroatoms. The first-order chi connectivity index (χ1) is 7.58. The molecule has 0 saturated carbocycles. The first kappa shape index (κ1) is 11.2. The third-order valence-electron chi connectivity index (χ3n) is 3.13. The average molecular weight is 224 g/mol. The van der Waals surface area contributed by atoms with Crippen molar-refractivity contribution in [3.8, 4) is 0 Å². The molecular weight excluding hydrogens is 208 g/mol. The topological polar surface area (TPSA) is 74.5 Å². The molecule has 5 nitrogen and oxygen atoms in total. The summed E-state index contributed by atoms with van der Waals surface area (Å²) < 4.78 is 5.25. The van der Waals surface area contributed by atoms with Crippen molar-refractivity contribution in [2.45, 2.75) is 32.4 Å². The molecular formula is C11H16N2O3. The Bertz CT molecular complexity index is 378. The van der Waals surface area contributed by atoms with Crippen molar-refractivity contribution in [1.82, 2.24) is 10.9 Å². The van der Waals surface area contributed by atoms with E-state index in [2.05, 4.69) is 24.7 Å². The molecule has 1 saturated heterocycles. The van der Waals surface area contributed by atoms with E-state index in [1.165, 1.54) is 6.07 Å². The molecule has 88 valence electrons. The molecule has 0 radical (unpaired) electrons. The summed E-state index contributed by atoms with van der Waals surface area (Å²) in [6.07, 6.45) is 0.746. The van der Waals surface area contributed by atoms with Gasteiger partial charge in [0.15, 0.2) is 0 Å². The van der Waals surface area contributed by atoms with Gasteiger partial charge in [0, 0.05) is 18.5 Å². The Balaban J connectivity index is 2.05. The van der Waals surface area contributed by atoms with Crippen molar-refractivity contribution < 1.29 is 14.3 Å². The zero-order chi connectivity index (χ0) is 11.7. The lowest BCUT2D eigenvalue weighted by atomic mass is 9.92. The molecule has 16 heavy (non-hydrogen) atoms. The molecule has 2 rings (SSSR count). The fraction of sp³-hybridized carbons (Fsp3) is 0.545. The van der Waals surface area contributed by atoms with Crippen LogP contribution >= 0.6 is 0 Å². The highest BCUT2D eigenvalue weighted by molar-refractivity contribution is 5.84. The molecule has 1 aliphatic rings. The highest BCUT2D eigenvalue weighted by Crippen LogP contribution is 2.21. The van der Waals surface area contributed by atoms with Crippen LogP contribution < -0.4 is 10.9 Å². The van der Waals surface area contributed by atoms with Crippen LogP contribution in [0.25, 0.3) is 0 Å². The second-order valence-corrected chi connectivity index (χ2v) is 4.31. The molecule has 1 aromatic rings. The van der Waals surface area contributed by atoms with E-state index in [4.69, 9.17) is 9.52 Å². The smallest absolute Gasteiger partial charge is 0.371 e. The first-order valence-corrected chi connectivity index (χ1v) is 5.41. The third kappa shape index (κ3) is 2.10. The molecule has 1 aromatic heterocycles. The van der Waals surface area contributed by atoms with Crippen LogP contribution in [0, 0.1) is 5.92 Å². The number of furan rings is 1. The van der Waals surface area contributed by atoms with E-state index in [1.54, 1.807) is 6.07 Å². The van der Waals surface area contributed by atoms with E-state index in [-0.39, 0.29) is 5.76 Å². The van der Waals surface area contributed by atoms with Crippen LogP contribution in [0.1, 0.15) is 30.2 Å². The molecule has 2 unspecified atom stereocenters. The molecule has 0 spiro atoms. The van der Waals surface area contributed by atoms with Crippen LogP contribution in [-0.2, 0) is 6.42 Å². The highest BCUT2D eigenvalue weighted by atomic mass is 16.4. The number of carbonyl (C=O) groups is 1. The third-order valence-corrected chi connectivity index (χ3v) is 3.13. The SMILES string of the molecule is CC1NNC(C)C1Cc1ccc(C(=O)O)o1. The van der Waals surface area contributed by atoms with Crippen LogP contribution in [0.15, 0.2) is 16.5 Å². The zero-order valence-electron chi connectivity index (χ0n) is 9.36. The lowest BCUT2D eigenvalue weighted by Gasteiger charge is -2.15. The van der Waals surface area contributed by atoms with E-state index >= 15 is 0 Å². The standard InChI is InChI=1S/C11H16N2O3/c1-6-9(7(2)13-12-6)5-8-3-4-10(16-8)11(14)15/h3-4,6-7,9,12-13H,5H2,1-2H3,(H,14,15). The van der Waals surface area contributed by atoms with Gasteiger partial charge < -0.3 is 9.52 Å². The number of hydrogen-bond acceptors (Lipinski definition) is 4. The number of nitrogens with one attached hydrogen (secondary N) is 2. The number of hydrazine groups is 1. The van der Waals surface area contributed by atoms with Gasteiger partial charge in [-0.25, -0.2) is 4.79 Å². The van der Waals surface area contributed by atoms with Crippen molar-refractivity contribution in [3.05, 3.63) is 23.7 Å². The van der Waals surface area contributed by atoms with Gasteiger partial charge in [-0.2, -0.15) is 0 Å². The Morgan fingerprint density at radius 3 is 2.50 bits per heavy atom. The van der Waals surface area contributed by atoms with Gasteiger partial charge in [-0.3, -0.25) is 10.9 Å². The molecule has 0 bridgehead atoms. The van der Waals surface area contributed by atoms with Gasteiger partial charge >= 0.3 is 5.97 Å². The Hall–Kier alpha value is -1.33. The normalized spacial score (nSPS) is 29.5. The van der Waals surface area contributed by atoms with Crippen molar-refractivity contribution >= 4 is 5.97 Å². The van der Waals surface area contributed by atoms with Crippen molar-refractivity contribution in [1.29, 1.82) is 0 Å². The summed E-state index contributed by atoms with van der Waals surface area (Å²) in [5, 5.41) is 8.74. The van der Waals surface area contributed by atoms with E-state index in [0.717, 1.165) is 12.2 Å². The maximum Gasteiger partial charge on any atom is 0.371 e. The number of carboxylic acids is 1. The van der Waals surface area contributed by atoms with Crippen molar-refractivity contribution in [2.75, 3.05) is 0 Å². The predicted molar refractivity (Wildman–Crippen MR) is 58.1 cm³/mol. The second-order valence-electron chi connectivity index (χ2n) is 4.31. The Labute approximate surface area is 93.8 Å². The monoisotopic (exact) mass is 224 g/mol. The molecule has 0 aromatic carbocycles. The minimum Gasteiger partial charge on any atom is -0.475 e.